The van der Waals surface area contributed by atoms with Crippen molar-refractivity contribution in [2.75, 3.05) is 186 Å². The molecule has 594 valence electrons. The number of ketones is 2. The second-order valence-corrected chi connectivity index (χ2v) is 24.2. The van der Waals surface area contributed by atoms with Crippen LogP contribution in [0.4, 0.5) is 0 Å². The summed E-state index contributed by atoms with van der Waals surface area (Å²) in [5.41, 5.74) is 8.48. The van der Waals surface area contributed by atoms with Crippen LogP contribution in [0, 0.1) is 0 Å². The Morgan fingerprint density at radius 2 is 0.670 bits per heavy atom. The van der Waals surface area contributed by atoms with E-state index in [9.17, 15) is 9.59 Å². The van der Waals surface area contributed by atoms with Crippen LogP contribution in [-0.2, 0) is 23.8 Å². The molecule has 0 aromatic heterocycles. The van der Waals surface area contributed by atoms with Gasteiger partial charge in [0.15, 0.2) is 11.6 Å². The summed E-state index contributed by atoms with van der Waals surface area (Å²) in [6.07, 6.45) is 9.62. The van der Waals surface area contributed by atoms with E-state index in [4.69, 9.17) is 14.2 Å². The highest BCUT2D eigenvalue weighted by Crippen LogP contribution is 2.29. The summed E-state index contributed by atoms with van der Waals surface area (Å²) in [5, 5.41) is 29.3. The molecule has 7 saturated heterocycles. The molecular formula is C77H164N16O5S2. The second-order valence-electron chi connectivity index (χ2n) is 22.0. The molecule has 8 heterocycles. The van der Waals surface area contributed by atoms with Crippen LogP contribution in [0.1, 0.15) is 198 Å². The number of hydrogen-bond donors (Lipinski definition) is 0. The third-order valence-electron chi connectivity index (χ3n) is 13.8. The fourth-order valence-corrected chi connectivity index (χ4v) is 11.1. The van der Waals surface area contributed by atoms with Crippen LogP contribution in [0.3, 0.4) is 0 Å². The molecule has 21 nitrogen and oxygen atoms in total. The van der Waals surface area contributed by atoms with Gasteiger partial charge in [-0.1, -0.05) is 194 Å². The fraction of sp³-hybridized carbons (Fsp3) is 0.740. The van der Waals surface area contributed by atoms with E-state index in [1.165, 1.54) is 37.3 Å². The van der Waals surface area contributed by atoms with E-state index in [-0.39, 0.29) is 0 Å². The summed E-state index contributed by atoms with van der Waals surface area (Å²) < 4.78 is 20.0. The normalized spacial score (nSPS) is 18.0. The van der Waals surface area contributed by atoms with Crippen LogP contribution < -0.4 is 0 Å². The quantitative estimate of drug-likeness (QED) is 0.169. The standard InChI is InChI=1S/C9H18N2.C8H16N2O.2C8H14N2O.C8H14N2.2C7H14N2O.C6H12N2S2.8C2H6/c1-9(2)11-8-6-4-5-7-10(11)3;1-8(2)10-5-7-11-6-4-9(10)3;1-7(2)10-5-4-8(11)6-9(10)3;1-7(2)10-6-8(11)4-5-9(10)3;1-8(2)10-7-5-4-6-9(10)3;1-7(2)9-4-5-10-6-8(9)3;1-7(2)9-6-10-5-4-8(9)3;1-6(2)8-7(3)9-4-5-10-8;8*1-2/h1,4-8H2,2-3H3;1,4-7H2,2-3H3;2*1,4-6H2,2-3H3;4-5H,1,6-7H2,2-3H3;2*1,4-6H2,2-3H3;1,4-5H2,2-3H3;8*1-2H3. The average molecular weight is 1460 g/mol. The minimum Gasteiger partial charge on any atom is -0.378 e. The zero-order valence-electron chi connectivity index (χ0n) is 71.5. The number of ether oxygens (including phenoxy) is 3. The summed E-state index contributed by atoms with van der Waals surface area (Å²) in [4.78, 5) is 22.0. The number of likely N-dealkylation sites (N-methyl/N-ethyl adjacent to an activating group) is 4. The van der Waals surface area contributed by atoms with Gasteiger partial charge in [-0.05, 0) is 80.2 Å². The van der Waals surface area contributed by atoms with Crippen molar-refractivity contribution in [3.05, 3.63) is 110 Å². The summed E-state index contributed by atoms with van der Waals surface area (Å²) in [7, 11) is 16.2. The van der Waals surface area contributed by atoms with Gasteiger partial charge in [0.1, 0.15) is 13.5 Å². The molecule has 0 aromatic rings. The van der Waals surface area contributed by atoms with Crippen LogP contribution in [0.2, 0.25) is 0 Å². The van der Waals surface area contributed by atoms with Crippen LogP contribution in [-0.4, -0.2) is 277 Å². The first kappa shape index (κ1) is 112. The number of hydrazine groups is 8. The van der Waals surface area contributed by atoms with Crippen molar-refractivity contribution in [3.8, 4) is 0 Å². The number of Topliss-reactive ketones (excluding diaryl/α,β-unsaturated/α-hetero) is 2. The number of hydrogen-bond acceptors (Lipinski definition) is 23. The predicted molar refractivity (Wildman–Crippen MR) is 444 cm³/mol. The lowest BCUT2D eigenvalue weighted by Gasteiger charge is -2.37. The maximum absolute atomic E-state index is 11.0. The Morgan fingerprint density at radius 3 is 1.06 bits per heavy atom. The van der Waals surface area contributed by atoms with Gasteiger partial charge in [-0.25, -0.2) is 34.5 Å². The van der Waals surface area contributed by atoms with Crippen LogP contribution >= 0.6 is 23.9 Å². The topological polar surface area (TPSA) is 114 Å². The Hall–Kier alpha value is -4.34. The van der Waals surface area contributed by atoms with Gasteiger partial charge in [0.05, 0.1) is 59.2 Å². The molecule has 0 unspecified atom stereocenters. The Bertz CT molecular complexity index is 2000. The van der Waals surface area contributed by atoms with Gasteiger partial charge in [0.25, 0.3) is 0 Å². The average Bonchev–Trinajstić information content (AvgIpc) is 1.30. The molecule has 100 heavy (non-hydrogen) atoms. The summed E-state index contributed by atoms with van der Waals surface area (Å²) in [6.45, 7) is 94.1. The van der Waals surface area contributed by atoms with Crippen molar-refractivity contribution in [1.82, 2.24) is 79.0 Å². The molecule has 0 aromatic carbocycles. The first-order valence-electron chi connectivity index (χ1n) is 37.4. The Labute approximate surface area is 629 Å². The lowest BCUT2D eigenvalue weighted by molar-refractivity contribution is -0.130. The third-order valence-corrected chi connectivity index (χ3v) is 16.3. The van der Waals surface area contributed by atoms with Crippen LogP contribution in [0.15, 0.2) is 110 Å². The van der Waals surface area contributed by atoms with Gasteiger partial charge in [-0.3, -0.25) is 14.6 Å². The predicted octanol–water partition coefficient (Wildman–Crippen LogP) is 16.6. The highest BCUT2D eigenvalue weighted by atomic mass is 32.2. The van der Waals surface area contributed by atoms with Crippen molar-refractivity contribution < 1.29 is 23.8 Å². The molecule has 0 N–H and O–H groups in total. The van der Waals surface area contributed by atoms with Crippen LogP contribution in [0.5, 0.6) is 0 Å². The SMILES string of the molecule is C=C(C)N1CC(=O)CCN1C.C=C(C)N1CC=CCN1C.C=C(C)N1CCC(=O)CN1C.C=C(C)N1CCCCCN1C.C=C(C)N1CCOCCN1C.C=C(C)N1CCOCN1C.C=C(C)N1COCCN1C.C=C(C)N1SCCSN1C.CC.CC.CC.CC.CC.CC.CC.CC. The number of nitrogens with zero attached hydrogens (tertiary/aromatic N) is 16. The van der Waals surface area contributed by atoms with E-state index in [0.717, 1.165) is 131 Å². The van der Waals surface area contributed by atoms with Gasteiger partial charge in [-0.2, -0.15) is 9.42 Å². The highest BCUT2D eigenvalue weighted by molar-refractivity contribution is 8.03. The van der Waals surface area contributed by atoms with E-state index in [1.807, 2.05) is 241 Å². The lowest BCUT2D eigenvalue weighted by atomic mass is 10.2. The van der Waals surface area contributed by atoms with E-state index in [1.54, 1.807) is 0 Å². The van der Waals surface area contributed by atoms with Gasteiger partial charge in [-0.15, -0.1) is 0 Å². The molecule has 0 amide bonds. The Balaban J connectivity index is -0.000000156. The van der Waals surface area contributed by atoms with E-state index < -0.39 is 0 Å². The minimum absolute atomic E-state index is 0.297. The molecule has 8 rings (SSSR count). The Kier molecular flexibility index (Phi) is 83.0. The lowest BCUT2D eigenvalue weighted by Crippen LogP contribution is -2.47. The van der Waals surface area contributed by atoms with Crippen molar-refractivity contribution in [2.45, 2.75) is 198 Å². The maximum atomic E-state index is 11.0. The first-order chi connectivity index (χ1) is 47.5. The van der Waals surface area contributed by atoms with E-state index in [0.29, 0.717) is 51.0 Å². The summed E-state index contributed by atoms with van der Waals surface area (Å²) >= 11 is 3.65. The molecule has 8 aliphatic rings. The smallest absolute Gasteiger partial charge is 0.155 e. The van der Waals surface area contributed by atoms with Crippen molar-refractivity contribution >= 4 is 35.5 Å². The minimum atomic E-state index is 0.297. The fourth-order valence-electron chi connectivity index (χ4n) is 9.18. The number of rotatable bonds is 8. The van der Waals surface area contributed by atoms with Gasteiger partial charge < -0.3 is 44.3 Å². The van der Waals surface area contributed by atoms with Crippen molar-refractivity contribution in [1.29, 1.82) is 0 Å². The number of allylic oxidation sites excluding steroid dienone is 8. The second kappa shape index (κ2) is 74.4. The molecule has 23 heteroatoms. The third kappa shape index (κ3) is 54.3. The number of carbonyl (C=O) groups is 2. The monoisotopic (exact) mass is 1460 g/mol. The molecule has 0 spiro atoms. The highest BCUT2D eigenvalue weighted by Gasteiger charge is 2.23. The molecule has 7 fully saturated rings. The molecule has 8 aliphatic heterocycles. The van der Waals surface area contributed by atoms with Gasteiger partial charge in [0.2, 0.25) is 0 Å². The summed E-state index contributed by atoms with van der Waals surface area (Å²) in [5.74, 6) is 2.99. The molecular weight excluding hydrogens is 1290 g/mol. The maximum Gasteiger partial charge on any atom is 0.155 e. The molecule has 0 aliphatic carbocycles. The largest absolute Gasteiger partial charge is 0.378 e. The molecule has 0 atom stereocenters. The number of carbonyl (C=O) groups excluding carboxylic acids is 2. The van der Waals surface area contributed by atoms with E-state index in [2.05, 4.69) is 149 Å². The van der Waals surface area contributed by atoms with Crippen molar-refractivity contribution in [2.24, 2.45) is 0 Å². The zero-order valence-corrected chi connectivity index (χ0v) is 73.1. The zero-order chi connectivity index (χ0) is 79.6. The summed E-state index contributed by atoms with van der Waals surface area (Å²) in [6, 6.07) is 0. The van der Waals surface area contributed by atoms with Gasteiger partial charge in [0, 0.05) is 172 Å². The van der Waals surface area contributed by atoms with E-state index >= 15 is 0 Å². The van der Waals surface area contributed by atoms with Gasteiger partial charge >= 0.3 is 0 Å². The Morgan fingerprint density at radius 1 is 0.320 bits per heavy atom. The first-order valence-corrected chi connectivity index (χ1v) is 39.3. The van der Waals surface area contributed by atoms with Crippen LogP contribution in [0.25, 0.3) is 0 Å². The molecule has 0 saturated carbocycles. The molecule has 0 bridgehead atoms. The molecule has 0 radical (unpaired) electrons. The van der Waals surface area contributed by atoms with Crippen molar-refractivity contribution in [3.63, 3.8) is 0 Å².